The Labute approximate surface area is 137 Å². The summed E-state index contributed by atoms with van der Waals surface area (Å²) in [5.41, 5.74) is 9.46. The lowest BCUT2D eigenvalue weighted by molar-refractivity contribution is 0.174. The largest absolute Gasteiger partial charge is 0.493 e. The zero-order valence-corrected chi connectivity index (χ0v) is 13.7. The molecule has 0 saturated heterocycles. The van der Waals surface area contributed by atoms with Gasteiger partial charge in [-0.2, -0.15) is 0 Å². The highest BCUT2D eigenvalue weighted by Gasteiger charge is 2.17. The Morgan fingerprint density at radius 2 is 1.83 bits per heavy atom. The first kappa shape index (κ1) is 15.7. The van der Waals surface area contributed by atoms with Gasteiger partial charge in [-0.1, -0.05) is 24.3 Å². The van der Waals surface area contributed by atoms with Gasteiger partial charge in [0.05, 0.1) is 6.61 Å². The van der Waals surface area contributed by atoms with Crippen molar-refractivity contribution in [3.8, 4) is 17.2 Å². The third-order valence-electron chi connectivity index (χ3n) is 4.27. The van der Waals surface area contributed by atoms with Gasteiger partial charge in [0.2, 0.25) is 6.79 Å². The second-order valence-electron chi connectivity index (χ2n) is 5.90. The minimum atomic E-state index is 0.244. The predicted octanol–water partition coefficient (Wildman–Crippen LogP) is 3.54. The number of para-hydroxylation sites is 1. The number of aryl methyl sites for hydroxylation is 2. The minimum absolute atomic E-state index is 0.244. The normalized spacial score (nSPS) is 13.9. The molecule has 0 amide bonds. The highest BCUT2D eigenvalue weighted by molar-refractivity contribution is 5.45. The van der Waals surface area contributed by atoms with Gasteiger partial charge in [-0.15, -0.1) is 0 Å². The van der Waals surface area contributed by atoms with Gasteiger partial charge in [0, 0.05) is 0 Å². The van der Waals surface area contributed by atoms with Crippen molar-refractivity contribution in [2.75, 3.05) is 19.9 Å². The van der Waals surface area contributed by atoms with E-state index in [1.54, 1.807) is 0 Å². The fourth-order valence-corrected chi connectivity index (χ4v) is 2.92. The van der Waals surface area contributed by atoms with Crippen LogP contribution in [0.5, 0.6) is 17.2 Å². The topological polar surface area (TPSA) is 53.7 Å². The Bertz CT molecular complexity index is 664. The molecular formula is C19H23NO3. The number of nitrogens with two attached hydrogens (primary N) is 1. The van der Waals surface area contributed by atoms with Crippen molar-refractivity contribution in [2.24, 2.45) is 5.73 Å². The first-order valence-electron chi connectivity index (χ1n) is 7.97. The van der Waals surface area contributed by atoms with Crippen molar-refractivity contribution < 1.29 is 14.2 Å². The van der Waals surface area contributed by atoms with Crippen LogP contribution in [0.25, 0.3) is 0 Å². The van der Waals surface area contributed by atoms with E-state index < -0.39 is 0 Å². The van der Waals surface area contributed by atoms with Gasteiger partial charge < -0.3 is 19.9 Å². The van der Waals surface area contributed by atoms with Crippen LogP contribution in [0.3, 0.4) is 0 Å². The molecule has 3 rings (SSSR count). The molecule has 0 aromatic heterocycles. The molecule has 0 spiro atoms. The van der Waals surface area contributed by atoms with Crippen LogP contribution in [-0.2, 0) is 0 Å². The van der Waals surface area contributed by atoms with Crippen molar-refractivity contribution in [3.05, 3.63) is 53.1 Å². The lowest BCUT2D eigenvalue weighted by Crippen LogP contribution is -2.16. The van der Waals surface area contributed by atoms with E-state index in [2.05, 4.69) is 32.0 Å². The average molecular weight is 313 g/mol. The van der Waals surface area contributed by atoms with Crippen LogP contribution in [0, 0.1) is 13.8 Å². The van der Waals surface area contributed by atoms with E-state index in [0.717, 1.165) is 34.8 Å². The zero-order chi connectivity index (χ0) is 16.2. The summed E-state index contributed by atoms with van der Waals surface area (Å²) in [6.07, 6.45) is 0.865. The van der Waals surface area contributed by atoms with Gasteiger partial charge in [0.1, 0.15) is 5.75 Å². The second-order valence-corrected chi connectivity index (χ2v) is 5.90. The molecule has 1 aliphatic rings. The number of hydrogen-bond acceptors (Lipinski definition) is 4. The van der Waals surface area contributed by atoms with Gasteiger partial charge in [-0.05, 0) is 61.6 Å². The maximum Gasteiger partial charge on any atom is 0.231 e. The molecule has 4 heteroatoms. The Kier molecular flexibility index (Phi) is 4.72. The second kappa shape index (κ2) is 6.92. The van der Waals surface area contributed by atoms with Crippen molar-refractivity contribution in [2.45, 2.75) is 26.2 Å². The molecule has 1 aliphatic heterocycles. The van der Waals surface area contributed by atoms with Crippen LogP contribution in [0.4, 0.5) is 0 Å². The first-order chi connectivity index (χ1) is 11.2. The van der Waals surface area contributed by atoms with Crippen molar-refractivity contribution >= 4 is 0 Å². The number of ether oxygens (including phenoxy) is 3. The standard InChI is InChI=1S/C19H23NO3/c1-13-4-3-5-14(2)19(13)21-9-8-16(11-20)15-6-7-17-18(10-15)23-12-22-17/h3-7,10,16H,8-9,11-12,20H2,1-2H3. The highest BCUT2D eigenvalue weighted by Crippen LogP contribution is 2.35. The molecule has 0 aliphatic carbocycles. The maximum atomic E-state index is 6.00. The SMILES string of the molecule is Cc1cccc(C)c1OCCC(CN)c1ccc2c(c1)OCO2. The smallest absolute Gasteiger partial charge is 0.231 e. The van der Waals surface area contributed by atoms with E-state index in [0.29, 0.717) is 19.9 Å². The van der Waals surface area contributed by atoms with Gasteiger partial charge in [0.15, 0.2) is 11.5 Å². The fourth-order valence-electron chi connectivity index (χ4n) is 2.92. The average Bonchev–Trinajstić information content (AvgIpc) is 3.01. The molecule has 2 aromatic rings. The molecule has 1 atom stereocenters. The van der Waals surface area contributed by atoms with Gasteiger partial charge in [-0.3, -0.25) is 0 Å². The molecule has 2 N–H and O–H groups in total. The molecule has 1 unspecified atom stereocenters. The monoisotopic (exact) mass is 313 g/mol. The van der Waals surface area contributed by atoms with Gasteiger partial charge in [-0.25, -0.2) is 0 Å². The van der Waals surface area contributed by atoms with Crippen molar-refractivity contribution in [1.82, 2.24) is 0 Å². The van der Waals surface area contributed by atoms with E-state index >= 15 is 0 Å². The number of rotatable bonds is 6. The molecule has 1 heterocycles. The van der Waals surface area contributed by atoms with E-state index in [1.165, 1.54) is 5.56 Å². The molecule has 4 nitrogen and oxygen atoms in total. The lowest BCUT2D eigenvalue weighted by Gasteiger charge is -2.17. The summed E-state index contributed by atoms with van der Waals surface area (Å²) in [5.74, 6) is 2.83. The van der Waals surface area contributed by atoms with E-state index in [1.807, 2.05) is 18.2 Å². The Morgan fingerprint density at radius 1 is 1.09 bits per heavy atom. The summed E-state index contributed by atoms with van der Waals surface area (Å²) < 4.78 is 16.8. The molecular weight excluding hydrogens is 290 g/mol. The molecule has 0 bridgehead atoms. The fraction of sp³-hybridized carbons (Fsp3) is 0.368. The zero-order valence-electron chi connectivity index (χ0n) is 13.7. The Hall–Kier alpha value is -2.20. The summed E-state index contributed by atoms with van der Waals surface area (Å²) in [6.45, 7) is 5.65. The molecule has 2 aromatic carbocycles. The summed E-state index contributed by atoms with van der Waals surface area (Å²) in [4.78, 5) is 0. The van der Waals surface area contributed by atoms with Crippen LogP contribution in [0.2, 0.25) is 0 Å². The number of benzene rings is 2. The molecule has 0 radical (unpaired) electrons. The number of fused-ring (bicyclic) bond motifs is 1. The van der Waals surface area contributed by atoms with E-state index in [4.69, 9.17) is 19.9 Å². The molecule has 23 heavy (non-hydrogen) atoms. The molecule has 0 saturated carbocycles. The lowest BCUT2D eigenvalue weighted by atomic mass is 9.96. The van der Waals surface area contributed by atoms with Crippen LogP contribution in [-0.4, -0.2) is 19.9 Å². The third kappa shape index (κ3) is 3.42. The van der Waals surface area contributed by atoms with E-state index in [-0.39, 0.29) is 5.92 Å². The predicted molar refractivity (Wildman–Crippen MR) is 90.4 cm³/mol. The van der Waals surface area contributed by atoms with Gasteiger partial charge in [0.25, 0.3) is 0 Å². The van der Waals surface area contributed by atoms with Crippen LogP contribution in [0.1, 0.15) is 29.0 Å². The van der Waals surface area contributed by atoms with Crippen molar-refractivity contribution in [1.29, 1.82) is 0 Å². The maximum absolute atomic E-state index is 6.00. The van der Waals surface area contributed by atoms with Crippen LogP contribution in [0.15, 0.2) is 36.4 Å². The number of hydrogen-bond donors (Lipinski definition) is 1. The summed E-state index contributed by atoms with van der Waals surface area (Å²) >= 11 is 0. The summed E-state index contributed by atoms with van der Waals surface area (Å²) in [7, 11) is 0. The summed E-state index contributed by atoms with van der Waals surface area (Å²) in [5, 5.41) is 0. The van der Waals surface area contributed by atoms with Crippen molar-refractivity contribution in [3.63, 3.8) is 0 Å². The third-order valence-corrected chi connectivity index (χ3v) is 4.27. The Morgan fingerprint density at radius 3 is 2.57 bits per heavy atom. The van der Waals surface area contributed by atoms with E-state index in [9.17, 15) is 0 Å². The Balaban J connectivity index is 1.64. The minimum Gasteiger partial charge on any atom is -0.493 e. The van der Waals surface area contributed by atoms with Gasteiger partial charge >= 0.3 is 0 Å². The molecule has 0 fully saturated rings. The molecule has 122 valence electrons. The summed E-state index contributed by atoms with van der Waals surface area (Å²) in [6, 6.07) is 12.2. The highest BCUT2D eigenvalue weighted by atomic mass is 16.7. The van der Waals surface area contributed by atoms with Crippen LogP contribution >= 0.6 is 0 Å². The first-order valence-corrected chi connectivity index (χ1v) is 7.97. The van der Waals surface area contributed by atoms with Crippen LogP contribution < -0.4 is 19.9 Å². The quantitative estimate of drug-likeness (QED) is 0.886.